The van der Waals surface area contributed by atoms with Gasteiger partial charge >= 0.3 is 0 Å². The Bertz CT molecular complexity index is 1420. The molecular weight excluding hydrogens is 477 g/mol. The van der Waals surface area contributed by atoms with Gasteiger partial charge in [-0.2, -0.15) is 10.2 Å². The molecule has 1 fully saturated rings. The average Bonchev–Trinajstić information content (AvgIpc) is 3.59. The van der Waals surface area contributed by atoms with Gasteiger partial charge in [0.1, 0.15) is 11.4 Å². The van der Waals surface area contributed by atoms with Crippen molar-refractivity contribution in [1.29, 1.82) is 0 Å². The van der Waals surface area contributed by atoms with Crippen molar-refractivity contribution >= 4 is 17.5 Å². The van der Waals surface area contributed by atoms with Crippen molar-refractivity contribution in [3.8, 4) is 5.82 Å². The van der Waals surface area contributed by atoms with Gasteiger partial charge in [-0.25, -0.2) is 19.0 Å². The zero-order valence-electron chi connectivity index (χ0n) is 20.7. The molecule has 0 spiro atoms. The monoisotopic (exact) mass is 505 g/mol. The molecule has 0 aromatic carbocycles. The third-order valence-electron chi connectivity index (χ3n) is 6.52. The van der Waals surface area contributed by atoms with Gasteiger partial charge in [-0.15, -0.1) is 0 Å². The van der Waals surface area contributed by atoms with Crippen LogP contribution < -0.4 is 10.6 Å². The Morgan fingerprint density at radius 1 is 1.22 bits per heavy atom. The number of anilines is 2. The van der Waals surface area contributed by atoms with E-state index in [0.717, 1.165) is 17.5 Å². The van der Waals surface area contributed by atoms with E-state index in [9.17, 15) is 14.3 Å². The number of halogens is 1. The number of amides is 1. The van der Waals surface area contributed by atoms with Gasteiger partial charge in [-0.1, -0.05) is 0 Å². The van der Waals surface area contributed by atoms with Crippen molar-refractivity contribution in [2.45, 2.75) is 51.7 Å². The number of H-pyrrole nitrogens is 1. The summed E-state index contributed by atoms with van der Waals surface area (Å²) in [6, 6.07) is 5.20. The van der Waals surface area contributed by atoms with Crippen LogP contribution in [0.15, 0.2) is 43.0 Å². The first-order valence-electron chi connectivity index (χ1n) is 12.0. The van der Waals surface area contributed by atoms with E-state index >= 15 is 0 Å². The maximum Gasteiger partial charge on any atom is 0.223 e. The molecule has 4 aromatic heterocycles. The summed E-state index contributed by atoms with van der Waals surface area (Å²) >= 11 is 0. The first kappa shape index (κ1) is 24.5. The summed E-state index contributed by atoms with van der Waals surface area (Å²) < 4.78 is 14.5. The summed E-state index contributed by atoms with van der Waals surface area (Å²) in [6.07, 6.45) is 6.50. The van der Waals surface area contributed by atoms with Crippen molar-refractivity contribution in [1.82, 2.24) is 40.2 Å². The molecule has 0 bridgehead atoms. The zero-order valence-corrected chi connectivity index (χ0v) is 20.7. The van der Waals surface area contributed by atoms with E-state index in [-0.39, 0.29) is 18.2 Å². The van der Waals surface area contributed by atoms with Gasteiger partial charge < -0.3 is 15.7 Å². The number of aromatic amines is 1. The number of pyridine rings is 1. The maximum atomic E-state index is 13.2. The molecule has 1 aliphatic rings. The van der Waals surface area contributed by atoms with E-state index in [1.807, 2.05) is 39.0 Å². The molecule has 12 heteroatoms. The summed E-state index contributed by atoms with van der Waals surface area (Å²) in [5.41, 5.74) is 1.73. The van der Waals surface area contributed by atoms with Crippen LogP contribution in [0, 0.1) is 25.6 Å². The predicted octanol–water partition coefficient (Wildman–Crippen LogP) is 3.15. The molecule has 5 rings (SSSR count). The quantitative estimate of drug-likeness (QED) is 0.300. The normalized spacial score (nSPS) is 20.1. The highest BCUT2D eigenvalue weighted by Crippen LogP contribution is 2.42. The van der Waals surface area contributed by atoms with E-state index in [1.165, 1.54) is 23.3 Å². The fraction of sp³-hybridized carbons (Fsp3) is 0.360. The summed E-state index contributed by atoms with van der Waals surface area (Å²) in [6.45, 7) is 5.66. The number of nitrogens with zero attached hydrogens (tertiary/aromatic N) is 6. The number of hydrogen-bond donors (Lipinski definition) is 4. The molecule has 1 saturated carbocycles. The Morgan fingerprint density at radius 3 is 2.73 bits per heavy atom. The van der Waals surface area contributed by atoms with Crippen LogP contribution in [-0.2, 0) is 10.4 Å². The lowest BCUT2D eigenvalue weighted by Crippen LogP contribution is -2.33. The van der Waals surface area contributed by atoms with Crippen molar-refractivity contribution < 1.29 is 14.3 Å². The zero-order chi connectivity index (χ0) is 26.2. The Hall–Kier alpha value is -4.19. The highest BCUT2D eigenvalue weighted by Gasteiger charge is 2.43. The molecular formula is C25H28FN9O2. The third-order valence-corrected chi connectivity index (χ3v) is 6.52. The van der Waals surface area contributed by atoms with Gasteiger partial charge in [0, 0.05) is 17.7 Å². The molecule has 1 aliphatic carbocycles. The molecule has 0 saturated heterocycles. The smallest absolute Gasteiger partial charge is 0.223 e. The van der Waals surface area contributed by atoms with Gasteiger partial charge in [0.05, 0.1) is 42.2 Å². The van der Waals surface area contributed by atoms with Crippen LogP contribution >= 0.6 is 0 Å². The minimum atomic E-state index is -1.21. The lowest BCUT2D eigenvalue weighted by Gasteiger charge is -2.24. The molecule has 0 aliphatic heterocycles. The standard InChI is InChI=1S/C25H28FN9O2/c1-14-6-20(31-21(7-14)32-22-8-15(2)33-34-22)25(37)5-4-17(9-25)24(36)30-16(3)19-11-28-23(12-27-19)35-13-18(26)10-29-35/h6-8,10-13,16-17,37H,4-5,9H2,1-3H3,(H,30,36)(H2,31,32,33,34)/t16-,17?,25?/m0/s1. The number of aryl methyl sites for hydroxylation is 2. The number of rotatable bonds is 7. The lowest BCUT2D eigenvalue weighted by molar-refractivity contribution is -0.126. The van der Waals surface area contributed by atoms with Gasteiger partial charge in [-0.05, 0) is 57.7 Å². The van der Waals surface area contributed by atoms with Crippen LogP contribution in [0.2, 0.25) is 0 Å². The van der Waals surface area contributed by atoms with Gasteiger partial charge in [0.2, 0.25) is 5.91 Å². The Kier molecular flexibility index (Phi) is 6.42. The molecule has 3 atom stereocenters. The number of aliphatic hydroxyl groups is 1. The molecule has 4 N–H and O–H groups in total. The minimum absolute atomic E-state index is 0.165. The maximum absolute atomic E-state index is 13.2. The van der Waals surface area contributed by atoms with E-state index in [2.05, 4.69) is 40.9 Å². The molecule has 1 amide bonds. The highest BCUT2D eigenvalue weighted by molar-refractivity contribution is 5.79. The van der Waals surface area contributed by atoms with Crippen molar-refractivity contribution in [2.75, 3.05) is 5.32 Å². The molecule has 0 radical (unpaired) electrons. The fourth-order valence-corrected chi connectivity index (χ4v) is 4.57. The second-order valence-electron chi connectivity index (χ2n) is 9.58. The van der Waals surface area contributed by atoms with E-state index in [0.29, 0.717) is 41.7 Å². The van der Waals surface area contributed by atoms with Crippen molar-refractivity contribution in [2.24, 2.45) is 5.92 Å². The van der Waals surface area contributed by atoms with E-state index < -0.39 is 17.5 Å². The number of hydrogen-bond acceptors (Lipinski definition) is 8. The van der Waals surface area contributed by atoms with Crippen LogP contribution in [0.1, 0.15) is 54.9 Å². The van der Waals surface area contributed by atoms with E-state index in [4.69, 9.17) is 0 Å². The van der Waals surface area contributed by atoms with Crippen LogP contribution in [0.4, 0.5) is 16.0 Å². The van der Waals surface area contributed by atoms with Crippen molar-refractivity contribution in [3.63, 3.8) is 0 Å². The van der Waals surface area contributed by atoms with Gasteiger partial charge in [0.15, 0.2) is 17.5 Å². The van der Waals surface area contributed by atoms with Gasteiger partial charge in [-0.3, -0.25) is 14.9 Å². The molecule has 4 aromatic rings. The summed E-state index contributed by atoms with van der Waals surface area (Å²) in [7, 11) is 0. The third kappa shape index (κ3) is 5.33. The highest BCUT2D eigenvalue weighted by atomic mass is 19.1. The molecule has 2 unspecified atom stereocenters. The Labute approximate surface area is 212 Å². The topological polar surface area (TPSA) is 147 Å². The van der Waals surface area contributed by atoms with Gasteiger partial charge in [0.25, 0.3) is 0 Å². The number of carbonyl (C=O) groups excluding carboxylic acids is 1. The number of carbonyl (C=O) groups is 1. The first-order chi connectivity index (χ1) is 17.7. The molecule has 37 heavy (non-hydrogen) atoms. The molecule has 192 valence electrons. The fourth-order valence-electron chi connectivity index (χ4n) is 4.57. The largest absolute Gasteiger partial charge is 0.384 e. The van der Waals surface area contributed by atoms with Crippen LogP contribution in [0.5, 0.6) is 0 Å². The lowest BCUT2D eigenvalue weighted by atomic mass is 9.94. The van der Waals surface area contributed by atoms with E-state index in [1.54, 1.807) is 0 Å². The average molecular weight is 506 g/mol. The Balaban J connectivity index is 1.23. The summed E-state index contributed by atoms with van der Waals surface area (Å²) in [4.78, 5) is 26.3. The predicted molar refractivity (Wildman–Crippen MR) is 132 cm³/mol. The SMILES string of the molecule is Cc1cc(Nc2cc(C)[nH]n2)nc(C2(O)CCC(C(=O)N[C@@H](C)c3cnc(-n4cc(F)cn4)cn3)C2)c1. The number of aromatic nitrogens is 7. The molecule has 11 nitrogen and oxygen atoms in total. The second-order valence-corrected chi connectivity index (χ2v) is 9.58. The minimum Gasteiger partial charge on any atom is -0.384 e. The number of nitrogens with one attached hydrogen (secondary N) is 3. The summed E-state index contributed by atoms with van der Waals surface area (Å²) in [5, 5.41) is 28.5. The van der Waals surface area contributed by atoms with Crippen molar-refractivity contribution in [3.05, 3.63) is 71.4 Å². The summed E-state index contributed by atoms with van der Waals surface area (Å²) in [5.74, 6) is 0.578. The van der Waals surface area contributed by atoms with Crippen LogP contribution in [0.3, 0.4) is 0 Å². The second kappa shape index (κ2) is 9.69. The molecule has 4 heterocycles. The van der Waals surface area contributed by atoms with Crippen LogP contribution in [-0.4, -0.2) is 45.9 Å². The van der Waals surface area contributed by atoms with Crippen LogP contribution in [0.25, 0.3) is 5.82 Å². The first-order valence-corrected chi connectivity index (χ1v) is 12.0. The Morgan fingerprint density at radius 2 is 2.05 bits per heavy atom.